The highest BCUT2D eigenvalue weighted by molar-refractivity contribution is 5.96. The maximum atomic E-state index is 12.5. The highest BCUT2D eigenvalue weighted by atomic mass is 16.6. The summed E-state index contributed by atoms with van der Waals surface area (Å²) in [7, 11) is 0. The molecule has 120 valence electrons. The van der Waals surface area contributed by atoms with E-state index in [2.05, 4.69) is 0 Å². The highest BCUT2D eigenvalue weighted by Gasteiger charge is 2.22. The predicted octanol–water partition coefficient (Wildman–Crippen LogP) is 3.42. The molecule has 0 radical (unpaired) electrons. The van der Waals surface area contributed by atoms with E-state index >= 15 is 0 Å². The standard InChI is InChI=1S/C17H18N2O4/c1-3-18(14-7-5-4-6-8-14)17(20)13(2)23-16-11-9-15(10-12-16)19(21)22/h4-13H,3H2,1-2H3/t13-/m0/s1. The van der Waals surface area contributed by atoms with Gasteiger partial charge >= 0.3 is 0 Å². The second kappa shape index (κ2) is 7.40. The molecule has 0 saturated heterocycles. The maximum Gasteiger partial charge on any atom is 0.269 e. The summed E-state index contributed by atoms with van der Waals surface area (Å²) < 4.78 is 5.60. The number of benzene rings is 2. The summed E-state index contributed by atoms with van der Waals surface area (Å²) >= 11 is 0. The SMILES string of the molecule is CCN(C(=O)[C@H](C)Oc1ccc([N+](=O)[O-])cc1)c1ccccc1. The van der Waals surface area contributed by atoms with E-state index in [1.807, 2.05) is 37.3 Å². The van der Waals surface area contributed by atoms with E-state index in [0.29, 0.717) is 12.3 Å². The smallest absolute Gasteiger partial charge is 0.269 e. The lowest BCUT2D eigenvalue weighted by molar-refractivity contribution is -0.384. The van der Waals surface area contributed by atoms with Gasteiger partial charge in [-0.25, -0.2) is 0 Å². The molecule has 0 aliphatic heterocycles. The number of rotatable bonds is 6. The van der Waals surface area contributed by atoms with Crippen LogP contribution in [-0.2, 0) is 4.79 Å². The summed E-state index contributed by atoms with van der Waals surface area (Å²) in [4.78, 5) is 24.3. The number of nitrogens with zero attached hydrogens (tertiary/aromatic N) is 2. The summed E-state index contributed by atoms with van der Waals surface area (Å²) in [5.41, 5.74) is 0.787. The lowest BCUT2D eigenvalue weighted by atomic mass is 10.2. The first-order valence-corrected chi connectivity index (χ1v) is 7.30. The molecule has 6 nitrogen and oxygen atoms in total. The third-order valence-electron chi connectivity index (χ3n) is 3.36. The fourth-order valence-electron chi connectivity index (χ4n) is 2.19. The van der Waals surface area contributed by atoms with Gasteiger partial charge in [0.25, 0.3) is 11.6 Å². The Morgan fingerprint density at radius 1 is 1.17 bits per heavy atom. The first-order chi connectivity index (χ1) is 11.0. The molecule has 2 aromatic rings. The van der Waals surface area contributed by atoms with Crippen LogP contribution >= 0.6 is 0 Å². The van der Waals surface area contributed by atoms with Gasteiger partial charge in [0.15, 0.2) is 6.10 Å². The summed E-state index contributed by atoms with van der Waals surface area (Å²) in [6.07, 6.45) is -0.698. The molecular formula is C17H18N2O4. The number of nitro benzene ring substituents is 1. The molecule has 0 unspecified atom stereocenters. The Morgan fingerprint density at radius 3 is 2.30 bits per heavy atom. The normalized spacial score (nSPS) is 11.6. The molecule has 0 spiro atoms. The van der Waals surface area contributed by atoms with E-state index < -0.39 is 11.0 Å². The molecule has 2 rings (SSSR count). The fourth-order valence-corrected chi connectivity index (χ4v) is 2.19. The van der Waals surface area contributed by atoms with Crippen molar-refractivity contribution in [2.24, 2.45) is 0 Å². The quantitative estimate of drug-likeness (QED) is 0.605. The summed E-state index contributed by atoms with van der Waals surface area (Å²) in [6, 6.07) is 15.0. The van der Waals surface area contributed by atoms with E-state index in [0.717, 1.165) is 5.69 Å². The molecule has 0 aromatic heterocycles. The number of hydrogen-bond donors (Lipinski definition) is 0. The molecule has 0 heterocycles. The number of anilines is 1. The van der Waals surface area contributed by atoms with Crippen LogP contribution in [0.25, 0.3) is 0 Å². The van der Waals surface area contributed by atoms with Gasteiger partial charge in [0.2, 0.25) is 0 Å². The van der Waals surface area contributed by atoms with Gasteiger partial charge in [-0.2, -0.15) is 0 Å². The van der Waals surface area contributed by atoms with Crippen LogP contribution in [0.4, 0.5) is 11.4 Å². The van der Waals surface area contributed by atoms with Crippen molar-refractivity contribution < 1.29 is 14.5 Å². The van der Waals surface area contributed by atoms with Crippen LogP contribution in [0.2, 0.25) is 0 Å². The number of hydrogen-bond acceptors (Lipinski definition) is 4. The zero-order chi connectivity index (χ0) is 16.8. The number of carbonyl (C=O) groups is 1. The van der Waals surface area contributed by atoms with E-state index in [4.69, 9.17) is 4.74 Å². The minimum absolute atomic E-state index is 0.0178. The number of carbonyl (C=O) groups excluding carboxylic acids is 1. The fraction of sp³-hybridized carbons (Fsp3) is 0.235. The van der Waals surface area contributed by atoms with Gasteiger partial charge in [0.05, 0.1) is 4.92 Å². The number of nitro groups is 1. The van der Waals surface area contributed by atoms with Crippen molar-refractivity contribution in [2.75, 3.05) is 11.4 Å². The topological polar surface area (TPSA) is 72.7 Å². The number of non-ortho nitro benzene ring substituents is 1. The zero-order valence-corrected chi connectivity index (χ0v) is 13.0. The van der Waals surface area contributed by atoms with Crippen LogP contribution in [-0.4, -0.2) is 23.5 Å². The predicted molar refractivity (Wildman–Crippen MR) is 87.7 cm³/mol. The van der Waals surface area contributed by atoms with Gasteiger partial charge in [0, 0.05) is 24.4 Å². The minimum atomic E-state index is -0.698. The second-order valence-corrected chi connectivity index (χ2v) is 4.93. The average Bonchev–Trinajstić information content (AvgIpc) is 2.57. The molecule has 0 saturated carbocycles. The Labute approximate surface area is 134 Å². The maximum absolute atomic E-state index is 12.5. The third-order valence-corrected chi connectivity index (χ3v) is 3.36. The van der Waals surface area contributed by atoms with Crippen LogP contribution in [0.5, 0.6) is 5.75 Å². The second-order valence-electron chi connectivity index (χ2n) is 4.93. The van der Waals surface area contributed by atoms with Gasteiger partial charge in [-0.3, -0.25) is 14.9 Å². The third kappa shape index (κ3) is 4.06. The minimum Gasteiger partial charge on any atom is -0.481 e. The largest absolute Gasteiger partial charge is 0.481 e. The van der Waals surface area contributed by atoms with Crippen molar-refractivity contribution in [2.45, 2.75) is 20.0 Å². The lowest BCUT2D eigenvalue weighted by Gasteiger charge is -2.25. The van der Waals surface area contributed by atoms with Crippen molar-refractivity contribution in [3.63, 3.8) is 0 Å². The number of amides is 1. The zero-order valence-electron chi connectivity index (χ0n) is 13.0. The molecule has 2 aromatic carbocycles. The van der Waals surface area contributed by atoms with Crippen molar-refractivity contribution in [1.29, 1.82) is 0 Å². The van der Waals surface area contributed by atoms with Gasteiger partial charge in [-0.15, -0.1) is 0 Å². The Kier molecular flexibility index (Phi) is 5.30. The Balaban J connectivity index is 2.08. The number of ether oxygens (including phenoxy) is 1. The van der Waals surface area contributed by atoms with Gasteiger partial charge < -0.3 is 9.64 Å². The van der Waals surface area contributed by atoms with E-state index in [9.17, 15) is 14.9 Å². The molecule has 0 aliphatic carbocycles. The Bertz CT molecular complexity index is 671. The summed E-state index contributed by atoms with van der Waals surface area (Å²) in [6.45, 7) is 4.08. The van der Waals surface area contributed by atoms with Crippen LogP contribution in [0.15, 0.2) is 54.6 Å². The molecule has 1 amide bonds. The van der Waals surface area contributed by atoms with Crippen LogP contribution < -0.4 is 9.64 Å². The molecule has 0 bridgehead atoms. The lowest BCUT2D eigenvalue weighted by Crippen LogP contribution is -2.40. The van der Waals surface area contributed by atoms with Crippen molar-refractivity contribution in [3.05, 3.63) is 64.7 Å². The van der Waals surface area contributed by atoms with Gasteiger partial charge in [-0.1, -0.05) is 18.2 Å². The van der Waals surface area contributed by atoms with Gasteiger partial charge in [-0.05, 0) is 38.1 Å². The first kappa shape index (κ1) is 16.5. The van der Waals surface area contributed by atoms with Crippen molar-refractivity contribution in [3.8, 4) is 5.75 Å². The van der Waals surface area contributed by atoms with Crippen LogP contribution in [0.1, 0.15) is 13.8 Å². The highest BCUT2D eigenvalue weighted by Crippen LogP contribution is 2.20. The Morgan fingerprint density at radius 2 is 1.78 bits per heavy atom. The van der Waals surface area contributed by atoms with E-state index in [1.54, 1.807) is 11.8 Å². The Hall–Kier alpha value is -2.89. The first-order valence-electron chi connectivity index (χ1n) is 7.30. The van der Waals surface area contributed by atoms with Gasteiger partial charge in [0.1, 0.15) is 5.75 Å². The molecule has 0 aliphatic rings. The molecule has 6 heteroatoms. The summed E-state index contributed by atoms with van der Waals surface area (Å²) in [5.74, 6) is 0.248. The molecule has 0 N–H and O–H groups in total. The molecule has 23 heavy (non-hydrogen) atoms. The van der Waals surface area contributed by atoms with E-state index in [-0.39, 0.29) is 11.6 Å². The van der Waals surface area contributed by atoms with Crippen LogP contribution in [0, 0.1) is 10.1 Å². The molecule has 0 fully saturated rings. The number of likely N-dealkylation sites (N-methyl/N-ethyl adjacent to an activating group) is 1. The van der Waals surface area contributed by atoms with Crippen molar-refractivity contribution >= 4 is 17.3 Å². The average molecular weight is 314 g/mol. The monoisotopic (exact) mass is 314 g/mol. The molecular weight excluding hydrogens is 296 g/mol. The van der Waals surface area contributed by atoms with Crippen LogP contribution in [0.3, 0.4) is 0 Å². The molecule has 1 atom stereocenters. The van der Waals surface area contributed by atoms with Crippen molar-refractivity contribution in [1.82, 2.24) is 0 Å². The summed E-state index contributed by atoms with van der Waals surface area (Å²) in [5, 5.41) is 10.6. The number of para-hydroxylation sites is 1. The van der Waals surface area contributed by atoms with E-state index in [1.165, 1.54) is 24.3 Å².